The molecule has 0 spiro atoms. The molecule has 3 heterocycles. The maximum Gasteiger partial charge on any atom is 0.289 e. The number of morpholine rings is 1. The van der Waals surface area contributed by atoms with E-state index in [1.807, 2.05) is 11.3 Å². The van der Waals surface area contributed by atoms with Gasteiger partial charge in [-0.1, -0.05) is 11.2 Å². The highest BCUT2D eigenvalue weighted by molar-refractivity contribution is 7.09. The summed E-state index contributed by atoms with van der Waals surface area (Å²) in [5.41, 5.74) is 0. The third-order valence-corrected chi connectivity index (χ3v) is 5.82. The van der Waals surface area contributed by atoms with Gasteiger partial charge in [-0.05, 0) is 24.3 Å². The molecular weight excluding hydrogens is 326 g/mol. The van der Waals surface area contributed by atoms with Gasteiger partial charge in [-0.3, -0.25) is 9.69 Å². The lowest BCUT2D eigenvalue weighted by molar-refractivity contribution is -0.0754. The minimum Gasteiger partial charge on any atom is -0.375 e. The maximum atomic E-state index is 12.0. The van der Waals surface area contributed by atoms with Crippen molar-refractivity contribution in [1.29, 1.82) is 0 Å². The Morgan fingerprint density at radius 3 is 3.17 bits per heavy atom. The number of thiophene rings is 1. The number of amides is 1. The average molecular weight is 347 g/mol. The Hall–Kier alpha value is -1.70. The second-order valence-corrected chi connectivity index (χ2v) is 7.41. The number of ether oxygens (including phenoxy) is 1. The maximum absolute atomic E-state index is 12.0. The van der Waals surface area contributed by atoms with Gasteiger partial charge in [-0.15, -0.1) is 11.3 Å². The normalized spacial score (nSPS) is 27.1. The molecule has 1 saturated carbocycles. The molecule has 6 nitrogen and oxygen atoms in total. The zero-order valence-corrected chi connectivity index (χ0v) is 14.2. The van der Waals surface area contributed by atoms with E-state index in [0.717, 1.165) is 32.5 Å². The Balaban J connectivity index is 1.35. The van der Waals surface area contributed by atoms with Gasteiger partial charge in [0.2, 0.25) is 5.76 Å². The van der Waals surface area contributed by atoms with Crippen LogP contribution >= 0.6 is 11.3 Å². The van der Waals surface area contributed by atoms with Crippen LogP contribution in [0.5, 0.6) is 0 Å². The molecule has 1 saturated heterocycles. The minimum atomic E-state index is -0.206. The first-order valence-electron chi connectivity index (χ1n) is 8.38. The van der Waals surface area contributed by atoms with E-state index in [1.54, 1.807) is 6.07 Å². The quantitative estimate of drug-likeness (QED) is 0.898. The van der Waals surface area contributed by atoms with Crippen molar-refractivity contribution in [1.82, 2.24) is 15.4 Å². The number of carbonyl (C=O) groups excluding carboxylic acids is 1. The molecule has 2 aromatic rings. The molecule has 1 N–H and O–H groups in total. The molecule has 3 atom stereocenters. The van der Waals surface area contributed by atoms with Crippen molar-refractivity contribution in [3.8, 4) is 0 Å². The summed E-state index contributed by atoms with van der Waals surface area (Å²) in [4.78, 5) is 15.9. The second-order valence-electron chi connectivity index (χ2n) is 6.38. The van der Waals surface area contributed by atoms with Crippen molar-refractivity contribution >= 4 is 17.2 Å². The summed E-state index contributed by atoms with van der Waals surface area (Å²) in [6, 6.07) is 6.33. The first-order chi connectivity index (χ1) is 11.8. The van der Waals surface area contributed by atoms with Crippen molar-refractivity contribution in [2.45, 2.75) is 31.5 Å². The van der Waals surface area contributed by atoms with Crippen LogP contribution in [-0.2, 0) is 11.3 Å². The lowest BCUT2D eigenvalue weighted by atomic mass is 10.0. The lowest BCUT2D eigenvalue weighted by Crippen LogP contribution is -2.50. The fourth-order valence-corrected chi connectivity index (χ4v) is 4.53. The molecule has 1 aliphatic heterocycles. The summed E-state index contributed by atoms with van der Waals surface area (Å²) >= 11 is 1.81. The average Bonchev–Trinajstić information content (AvgIpc) is 3.34. The van der Waals surface area contributed by atoms with Crippen LogP contribution in [0.25, 0.3) is 0 Å². The van der Waals surface area contributed by atoms with E-state index in [2.05, 4.69) is 32.9 Å². The Kier molecular flexibility index (Phi) is 4.64. The van der Waals surface area contributed by atoms with Crippen LogP contribution < -0.4 is 5.32 Å². The van der Waals surface area contributed by atoms with Crippen LogP contribution in [0.3, 0.4) is 0 Å². The van der Waals surface area contributed by atoms with Crippen LogP contribution in [0, 0.1) is 5.92 Å². The monoisotopic (exact) mass is 347 g/mol. The second kappa shape index (κ2) is 7.04. The smallest absolute Gasteiger partial charge is 0.289 e. The van der Waals surface area contributed by atoms with Gasteiger partial charge in [-0.25, -0.2) is 0 Å². The van der Waals surface area contributed by atoms with Crippen LogP contribution in [0.4, 0.5) is 0 Å². The Morgan fingerprint density at radius 1 is 1.42 bits per heavy atom. The van der Waals surface area contributed by atoms with Crippen LogP contribution in [-0.4, -0.2) is 47.8 Å². The SMILES string of the molecule is O=C(NCC1CC[C@@H]2[C@@H]1OCCN2Cc1cccs1)c1ccno1. The summed E-state index contributed by atoms with van der Waals surface area (Å²) in [6.07, 6.45) is 3.88. The van der Waals surface area contributed by atoms with Gasteiger partial charge in [0, 0.05) is 42.5 Å². The highest BCUT2D eigenvalue weighted by Gasteiger charge is 2.42. The Bertz CT molecular complexity index is 659. The van der Waals surface area contributed by atoms with E-state index in [-0.39, 0.29) is 17.8 Å². The van der Waals surface area contributed by atoms with Gasteiger partial charge in [0.15, 0.2) is 0 Å². The van der Waals surface area contributed by atoms with Gasteiger partial charge in [0.05, 0.1) is 18.9 Å². The van der Waals surface area contributed by atoms with Gasteiger partial charge < -0.3 is 14.6 Å². The minimum absolute atomic E-state index is 0.203. The third kappa shape index (κ3) is 3.24. The number of nitrogens with one attached hydrogen (secondary N) is 1. The van der Waals surface area contributed by atoms with Gasteiger partial charge in [0.25, 0.3) is 5.91 Å². The summed E-state index contributed by atoms with van der Waals surface area (Å²) in [5, 5.41) is 8.65. The Labute approximate surface area is 144 Å². The van der Waals surface area contributed by atoms with E-state index in [4.69, 9.17) is 9.26 Å². The zero-order valence-electron chi connectivity index (χ0n) is 13.4. The van der Waals surface area contributed by atoms with Gasteiger partial charge in [-0.2, -0.15) is 0 Å². The molecule has 0 radical (unpaired) electrons. The first-order valence-corrected chi connectivity index (χ1v) is 9.26. The first kappa shape index (κ1) is 15.8. The highest BCUT2D eigenvalue weighted by atomic mass is 32.1. The number of aromatic nitrogens is 1. The molecule has 0 bridgehead atoms. The topological polar surface area (TPSA) is 67.6 Å². The largest absolute Gasteiger partial charge is 0.375 e. The van der Waals surface area contributed by atoms with Crippen molar-refractivity contribution in [3.63, 3.8) is 0 Å². The molecular formula is C17H21N3O3S. The summed E-state index contributed by atoms with van der Waals surface area (Å²) in [6.45, 7) is 3.36. The summed E-state index contributed by atoms with van der Waals surface area (Å²) in [7, 11) is 0. The molecule has 4 rings (SSSR count). The summed E-state index contributed by atoms with van der Waals surface area (Å²) in [5.74, 6) is 0.406. The number of hydrogen-bond donors (Lipinski definition) is 1. The van der Waals surface area contributed by atoms with Crippen molar-refractivity contribution < 1.29 is 14.1 Å². The lowest BCUT2D eigenvalue weighted by Gasteiger charge is -2.39. The molecule has 1 unspecified atom stereocenters. The van der Waals surface area contributed by atoms with Crippen molar-refractivity contribution in [3.05, 3.63) is 40.4 Å². The van der Waals surface area contributed by atoms with Crippen LogP contribution in [0.2, 0.25) is 0 Å². The molecule has 1 aliphatic carbocycles. The van der Waals surface area contributed by atoms with Crippen molar-refractivity contribution in [2.75, 3.05) is 19.7 Å². The molecule has 7 heteroatoms. The summed E-state index contributed by atoms with van der Waals surface area (Å²) < 4.78 is 11.0. The highest BCUT2D eigenvalue weighted by Crippen LogP contribution is 2.35. The van der Waals surface area contributed by atoms with Crippen molar-refractivity contribution in [2.24, 2.45) is 5.92 Å². The number of nitrogens with zero attached hydrogens (tertiary/aromatic N) is 2. The predicted molar refractivity (Wildman–Crippen MR) is 89.8 cm³/mol. The molecule has 2 aliphatic rings. The van der Waals surface area contributed by atoms with Crippen LogP contribution in [0.1, 0.15) is 28.3 Å². The Morgan fingerprint density at radius 2 is 2.38 bits per heavy atom. The molecule has 24 heavy (non-hydrogen) atoms. The number of carbonyl (C=O) groups is 1. The van der Waals surface area contributed by atoms with E-state index in [1.165, 1.54) is 11.1 Å². The fraction of sp³-hybridized carbons (Fsp3) is 0.529. The molecule has 128 valence electrons. The molecule has 1 amide bonds. The number of rotatable bonds is 5. The van der Waals surface area contributed by atoms with Crippen LogP contribution in [0.15, 0.2) is 34.3 Å². The molecule has 0 aromatic carbocycles. The van der Waals surface area contributed by atoms with E-state index >= 15 is 0 Å². The van der Waals surface area contributed by atoms with Gasteiger partial charge >= 0.3 is 0 Å². The third-order valence-electron chi connectivity index (χ3n) is 4.96. The number of hydrogen-bond acceptors (Lipinski definition) is 6. The number of fused-ring (bicyclic) bond motifs is 1. The fourth-order valence-electron chi connectivity index (χ4n) is 3.80. The predicted octanol–water partition coefficient (Wildman–Crippen LogP) is 2.15. The standard InChI is InChI=1S/C17H21N3O3S/c21-17(15-5-6-19-23-15)18-10-12-3-4-14-16(12)22-8-7-20(14)11-13-2-1-9-24-13/h1-2,5-6,9,12,14,16H,3-4,7-8,10-11H2,(H,18,21)/t12?,14-,16-/m1/s1. The van der Waals surface area contributed by atoms with E-state index in [0.29, 0.717) is 18.5 Å². The van der Waals surface area contributed by atoms with Gasteiger partial charge in [0.1, 0.15) is 0 Å². The molecule has 2 fully saturated rings. The molecule has 2 aromatic heterocycles. The zero-order chi connectivity index (χ0) is 16.4. The van der Waals surface area contributed by atoms with E-state index in [9.17, 15) is 4.79 Å². The van der Waals surface area contributed by atoms with E-state index < -0.39 is 0 Å².